The van der Waals surface area contributed by atoms with Crippen LogP contribution >= 0.6 is 24.8 Å². The van der Waals surface area contributed by atoms with E-state index in [1.54, 1.807) is 11.7 Å². The number of allylic oxidation sites excluding steroid dienone is 8. The van der Waals surface area contributed by atoms with Gasteiger partial charge in [0.2, 0.25) is 0 Å². The maximum absolute atomic E-state index is 2.60. The molecule has 7 rings (SSSR count). The van der Waals surface area contributed by atoms with Gasteiger partial charge in [-0.15, -0.1) is 24.8 Å². The fourth-order valence-corrected chi connectivity index (χ4v) is 24.7. The molecule has 0 unspecified atom stereocenters. The van der Waals surface area contributed by atoms with Crippen LogP contribution < -0.4 is 5.19 Å². The predicted molar refractivity (Wildman–Crippen MR) is 181 cm³/mol. The molecule has 5 aromatic rings. The van der Waals surface area contributed by atoms with Gasteiger partial charge in [-0.25, -0.2) is 0 Å². The van der Waals surface area contributed by atoms with Crippen LogP contribution in [0.3, 0.4) is 0 Å². The maximum Gasteiger partial charge on any atom is -0.147 e. The molecule has 4 heteroatoms. The topological polar surface area (TPSA) is 0 Å². The Hall–Kier alpha value is -2.74. The van der Waals surface area contributed by atoms with Crippen LogP contribution in [0.1, 0.15) is 24.0 Å². The van der Waals surface area contributed by atoms with Crippen molar-refractivity contribution in [3.63, 3.8) is 0 Å². The second kappa shape index (κ2) is 13.1. The minimum absolute atomic E-state index is 0. The van der Waals surface area contributed by atoms with Crippen molar-refractivity contribution in [2.45, 2.75) is 19.4 Å². The molecule has 0 atom stereocenters. The number of hydrogen-bond acceptors (Lipinski definition) is 0. The third kappa shape index (κ3) is 5.81. The largest absolute Gasteiger partial charge is 0.147 e. The minimum atomic E-state index is -2.16. The molecule has 41 heavy (non-hydrogen) atoms. The first-order valence-corrected chi connectivity index (χ1v) is 22.0. The monoisotopic (exact) mass is 664 g/mol. The fourth-order valence-electron chi connectivity index (χ4n) is 6.25. The van der Waals surface area contributed by atoms with Gasteiger partial charge in [0, 0.05) is 0 Å². The van der Waals surface area contributed by atoms with Crippen molar-refractivity contribution >= 4 is 68.1 Å². The van der Waals surface area contributed by atoms with Crippen LogP contribution in [0.5, 0.6) is 0 Å². The van der Waals surface area contributed by atoms with Gasteiger partial charge in [0.05, 0.1) is 0 Å². The zero-order chi connectivity index (χ0) is 26.2. The molecule has 5 aromatic carbocycles. The summed E-state index contributed by atoms with van der Waals surface area (Å²) in [5.41, 5.74) is 4.93. The van der Waals surface area contributed by atoms with E-state index in [4.69, 9.17) is 0 Å². The van der Waals surface area contributed by atoms with Gasteiger partial charge in [0.15, 0.2) is 0 Å². The molecule has 0 amide bonds. The van der Waals surface area contributed by atoms with E-state index < -0.39 is 25.8 Å². The molecule has 0 saturated heterocycles. The van der Waals surface area contributed by atoms with Crippen LogP contribution in [0.15, 0.2) is 146 Å². The molecule has 0 N–H and O–H groups in total. The van der Waals surface area contributed by atoms with Crippen molar-refractivity contribution in [2.75, 3.05) is 0 Å². The Morgan fingerprint density at radius 3 is 1.46 bits per heavy atom. The average Bonchev–Trinajstić information content (AvgIpc) is 3.68. The van der Waals surface area contributed by atoms with E-state index in [-0.39, 0.29) is 24.8 Å². The number of rotatable bonds is 5. The van der Waals surface area contributed by atoms with E-state index in [1.165, 1.54) is 43.8 Å². The minimum Gasteiger partial charge on any atom is -0.147 e. The molecule has 0 spiro atoms. The quantitative estimate of drug-likeness (QED) is 0.164. The van der Waals surface area contributed by atoms with E-state index in [0.29, 0.717) is 0 Å². The summed E-state index contributed by atoms with van der Waals surface area (Å²) in [4.78, 5) is 0. The number of hydrogen-bond donors (Lipinski definition) is 0. The molecule has 0 heterocycles. The van der Waals surface area contributed by atoms with Crippen LogP contribution in [0.4, 0.5) is 0 Å². The zero-order valence-corrected chi connectivity index (χ0v) is 28.1. The van der Waals surface area contributed by atoms with Crippen LogP contribution in [0.25, 0.3) is 32.7 Å². The van der Waals surface area contributed by atoms with Gasteiger partial charge >= 0.3 is 240 Å². The summed E-state index contributed by atoms with van der Waals surface area (Å²) in [5, 5.41) is 6.96. The Balaban J connectivity index is 0.00000169. The van der Waals surface area contributed by atoms with E-state index in [0.717, 1.165) is 12.8 Å². The second-order valence-corrected chi connectivity index (χ2v) is 25.8. The SMILES string of the molecule is C[Si](c1ccccc1)=[Zr]([C]1=CC(c2cccc3ccccc23)=CC1)[C]1=CC(c2cccc3ccccc23)=CC1.Cl.Cl. The van der Waals surface area contributed by atoms with Gasteiger partial charge in [-0.05, 0) is 0 Å². The van der Waals surface area contributed by atoms with Gasteiger partial charge in [-0.1, -0.05) is 0 Å². The standard InChI is InChI=1S/2C15H11.C7H8Si.2ClH.Zr/c2*1-2-7-12(6-1)15-11-5-9-13-8-3-4-10-14(13)15;1-8-7-5-3-2-4-6-7;;;/h2*3-11H,1H2;2-6H,1H3;2*1H;. The summed E-state index contributed by atoms with van der Waals surface area (Å²) in [5.74, 6) is 0. The average molecular weight is 667 g/mol. The third-order valence-corrected chi connectivity index (χ3v) is 26.4. The molecular weight excluding hydrogens is 635 g/mol. The normalized spacial score (nSPS) is 14.0. The summed E-state index contributed by atoms with van der Waals surface area (Å²) in [7, 11) is 0. The van der Waals surface area contributed by atoms with Crippen LogP contribution in [0, 0.1) is 0 Å². The Labute approximate surface area is 263 Å². The smallest absolute Gasteiger partial charge is 0.147 e. The molecular formula is C37H32Cl2SiZr. The molecule has 0 aromatic heterocycles. The first kappa shape index (κ1) is 29.7. The zero-order valence-electron chi connectivity index (χ0n) is 23.0. The molecule has 2 aliphatic rings. The number of fused-ring (bicyclic) bond motifs is 2. The van der Waals surface area contributed by atoms with Crippen molar-refractivity contribution in [3.8, 4) is 0 Å². The van der Waals surface area contributed by atoms with Crippen molar-refractivity contribution in [2.24, 2.45) is 0 Å². The Bertz CT molecular complexity index is 1790. The van der Waals surface area contributed by atoms with E-state index in [2.05, 4.69) is 146 Å². The van der Waals surface area contributed by atoms with Crippen molar-refractivity contribution < 1.29 is 20.4 Å². The number of halogens is 2. The Kier molecular flexibility index (Phi) is 9.47. The Morgan fingerprint density at radius 1 is 0.512 bits per heavy atom. The first-order chi connectivity index (χ1) is 19.3. The summed E-state index contributed by atoms with van der Waals surface area (Å²) in [6.45, 7) is 2.60. The van der Waals surface area contributed by atoms with Crippen molar-refractivity contribution in [3.05, 3.63) is 157 Å². The summed E-state index contributed by atoms with van der Waals surface area (Å²) in [6.07, 6.45) is 12.4. The van der Waals surface area contributed by atoms with Gasteiger partial charge in [-0.3, -0.25) is 0 Å². The molecule has 0 saturated carbocycles. The summed E-state index contributed by atoms with van der Waals surface area (Å²) >= 11 is -2.16. The van der Waals surface area contributed by atoms with Crippen LogP contribution in [0.2, 0.25) is 6.55 Å². The third-order valence-electron chi connectivity index (χ3n) is 8.17. The molecule has 0 nitrogen and oxygen atoms in total. The van der Waals surface area contributed by atoms with E-state index >= 15 is 0 Å². The van der Waals surface area contributed by atoms with Crippen LogP contribution in [-0.2, 0) is 20.4 Å². The van der Waals surface area contributed by atoms with Crippen molar-refractivity contribution in [1.29, 1.82) is 0 Å². The van der Waals surface area contributed by atoms with Gasteiger partial charge in [0.1, 0.15) is 0 Å². The molecule has 0 aliphatic heterocycles. The van der Waals surface area contributed by atoms with Gasteiger partial charge in [0.25, 0.3) is 0 Å². The summed E-state index contributed by atoms with van der Waals surface area (Å²) in [6, 6.07) is 42.5. The Morgan fingerprint density at radius 2 is 0.951 bits per heavy atom. The molecule has 0 fully saturated rings. The van der Waals surface area contributed by atoms with E-state index in [9.17, 15) is 0 Å². The molecule has 2 aliphatic carbocycles. The second-order valence-electron chi connectivity index (χ2n) is 10.5. The van der Waals surface area contributed by atoms with E-state index in [1.807, 2.05) is 0 Å². The first-order valence-electron chi connectivity index (χ1n) is 13.8. The van der Waals surface area contributed by atoms with Crippen LogP contribution in [-0.4, -0.2) is 5.43 Å². The summed E-state index contributed by atoms with van der Waals surface area (Å²) < 4.78 is 3.53. The molecule has 0 radical (unpaired) electrons. The molecule has 0 bridgehead atoms. The van der Waals surface area contributed by atoms with Gasteiger partial charge in [-0.2, -0.15) is 0 Å². The number of benzene rings is 5. The molecule has 202 valence electrons. The maximum atomic E-state index is 2.60. The predicted octanol–water partition coefficient (Wildman–Crippen LogP) is 10.0. The fraction of sp³-hybridized carbons (Fsp3) is 0.0811. The van der Waals surface area contributed by atoms with Crippen molar-refractivity contribution in [1.82, 2.24) is 0 Å². The van der Waals surface area contributed by atoms with Gasteiger partial charge < -0.3 is 0 Å².